The standard InChI is InChI=1S/C5H7N2O3S/c1-11(8,9)5(6)4-2-3-7-10-4/h2,5H,6H2,1H3. The summed E-state index contributed by atoms with van der Waals surface area (Å²) >= 11 is 0. The van der Waals surface area contributed by atoms with Gasteiger partial charge in [-0.15, -0.1) is 0 Å². The summed E-state index contributed by atoms with van der Waals surface area (Å²) in [6, 6.07) is 1.30. The van der Waals surface area contributed by atoms with Crippen molar-refractivity contribution in [1.29, 1.82) is 0 Å². The average molecular weight is 175 g/mol. The van der Waals surface area contributed by atoms with E-state index in [4.69, 9.17) is 5.73 Å². The van der Waals surface area contributed by atoms with Crippen molar-refractivity contribution in [2.75, 3.05) is 6.26 Å². The average Bonchev–Trinajstić information content (AvgIpc) is 2.34. The van der Waals surface area contributed by atoms with Crippen LogP contribution >= 0.6 is 0 Å². The Morgan fingerprint density at radius 1 is 1.82 bits per heavy atom. The van der Waals surface area contributed by atoms with Crippen molar-refractivity contribution in [1.82, 2.24) is 5.16 Å². The molecule has 0 aliphatic heterocycles. The molecule has 0 fully saturated rings. The van der Waals surface area contributed by atoms with Crippen LogP contribution in [0.2, 0.25) is 0 Å². The Morgan fingerprint density at radius 2 is 2.45 bits per heavy atom. The highest BCUT2D eigenvalue weighted by atomic mass is 32.2. The van der Waals surface area contributed by atoms with E-state index in [1.807, 2.05) is 0 Å². The molecular formula is C5H7N2O3S. The Balaban J connectivity index is 2.97. The third-order valence-electron chi connectivity index (χ3n) is 1.15. The van der Waals surface area contributed by atoms with Gasteiger partial charge in [-0.1, -0.05) is 5.16 Å². The highest BCUT2D eigenvalue weighted by Gasteiger charge is 2.20. The highest BCUT2D eigenvalue weighted by Crippen LogP contribution is 2.13. The van der Waals surface area contributed by atoms with E-state index >= 15 is 0 Å². The van der Waals surface area contributed by atoms with Crippen LogP contribution in [0, 0.1) is 6.20 Å². The van der Waals surface area contributed by atoms with E-state index in [-0.39, 0.29) is 5.76 Å². The van der Waals surface area contributed by atoms with Crippen LogP contribution < -0.4 is 5.73 Å². The number of nitrogens with two attached hydrogens (primary N) is 1. The lowest BCUT2D eigenvalue weighted by atomic mass is 10.5. The van der Waals surface area contributed by atoms with E-state index in [0.717, 1.165) is 6.26 Å². The molecule has 61 valence electrons. The van der Waals surface area contributed by atoms with Crippen molar-refractivity contribution >= 4 is 9.84 Å². The topological polar surface area (TPSA) is 86.2 Å². The van der Waals surface area contributed by atoms with Crippen molar-refractivity contribution in [3.63, 3.8) is 0 Å². The lowest BCUT2D eigenvalue weighted by Gasteiger charge is -2.02. The first-order valence-corrected chi connectivity index (χ1v) is 4.74. The summed E-state index contributed by atoms with van der Waals surface area (Å²) in [5.74, 6) is 0.104. The Kier molecular flexibility index (Phi) is 1.97. The summed E-state index contributed by atoms with van der Waals surface area (Å²) < 4.78 is 26.1. The second-order valence-corrected chi connectivity index (χ2v) is 4.28. The summed E-state index contributed by atoms with van der Waals surface area (Å²) in [5, 5.41) is 2.07. The number of hydrogen-bond acceptors (Lipinski definition) is 5. The molecule has 1 aromatic rings. The molecule has 1 atom stereocenters. The van der Waals surface area contributed by atoms with E-state index in [1.165, 1.54) is 6.07 Å². The lowest BCUT2D eigenvalue weighted by molar-refractivity contribution is 0.378. The maximum atomic E-state index is 10.8. The van der Waals surface area contributed by atoms with Crippen molar-refractivity contribution in [2.45, 2.75) is 5.37 Å². The van der Waals surface area contributed by atoms with E-state index in [9.17, 15) is 8.42 Å². The van der Waals surface area contributed by atoms with Gasteiger partial charge in [-0.3, -0.25) is 0 Å². The minimum atomic E-state index is -3.30. The largest absolute Gasteiger partial charge is 0.358 e. The molecule has 0 aliphatic rings. The Labute approximate surface area is 64.1 Å². The first kappa shape index (κ1) is 8.22. The SMILES string of the molecule is CS(=O)(=O)C(N)c1c[c]no1. The van der Waals surface area contributed by atoms with Crippen LogP contribution in [-0.2, 0) is 9.84 Å². The van der Waals surface area contributed by atoms with E-state index in [1.54, 1.807) is 0 Å². The molecule has 0 bridgehead atoms. The smallest absolute Gasteiger partial charge is 0.170 e. The summed E-state index contributed by atoms with van der Waals surface area (Å²) in [6.07, 6.45) is 3.35. The fourth-order valence-electron chi connectivity index (χ4n) is 0.540. The van der Waals surface area contributed by atoms with Crippen LogP contribution in [0.3, 0.4) is 0 Å². The predicted octanol–water partition coefficient (Wildman–Crippen LogP) is -0.523. The Bertz CT molecular complexity index is 316. The Hall–Kier alpha value is -0.880. The minimum absolute atomic E-state index is 0.104. The zero-order valence-electron chi connectivity index (χ0n) is 5.81. The van der Waals surface area contributed by atoms with Gasteiger partial charge in [-0.2, -0.15) is 0 Å². The zero-order valence-corrected chi connectivity index (χ0v) is 6.63. The molecule has 0 aliphatic carbocycles. The van der Waals surface area contributed by atoms with E-state index in [0.29, 0.717) is 0 Å². The summed E-state index contributed by atoms with van der Waals surface area (Å²) in [6.45, 7) is 0. The normalized spacial score (nSPS) is 14.7. The number of sulfone groups is 1. The molecule has 2 N–H and O–H groups in total. The van der Waals surface area contributed by atoms with Gasteiger partial charge in [0.25, 0.3) is 0 Å². The van der Waals surface area contributed by atoms with Gasteiger partial charge in [0.1, 0.15) is 6.20 Å². The van der Waals surface area contributed by atoms with Crippen molar-refractivity contribution in [3.05, 3.63) is 18.0 Å². The van der Waals surface area contributed by atoms with Crippen molar-refractivity contribution < 1.29 is 12.9 Å². The summed E-state index contributed by atoms with van der Waals surface area (Å²) in [5.41, 5.74) is 5.27. The van der Waals surface area contributed by atoms with Crippen molar-refractivity contribution in [3.8, 4) is 0 Å². The molecule has 0 spiro atoms. The molecule has 0 amide bonds. The van der Waals surface area contributed by atoms with Crippen LogP contribution in [-0.4, -0.2) is 19.8 Å². The van der Waals surface area contributed by atoms with Gasteiger partial charge in [0, 0.05) is 12.3 Å². The van der Waals surface area contributed by atoms with Crippen LogP contribution in [0.25, 0.3) is 0 Å². The molecule has 1 unspecified atom stereocenters. The van der Waals surface area contributed by atoms with Gasteiger partial charge < -0.3 is 10.3 Å². The highest BCUT2D eigenvalue weighted by molar-refractivity contribution is 7.90. The first-order valence-electron chi connectivity index (χ1n) is 2.79. The van der Waals surface area contributed by atoms with Crippen LogP contribution in [0.5, 0.6) is 0 Å². The predicted molar refractivity (Wildman–Crippen MR) is 37.1 cm³/mol. The second-order valence-electron chi connectivity index (χ2n) is 2.11. The number of nitrogens with zero attached hydrogens (tertiary/aromatic N) is 1. The number of aromatic nitrogens is 1. The third kappa shape index (κ3) is 1.78. The molecule has 1 aromatic heterocycles. The van der Waals surface area contributed by atoms with Gasteiger partial charge in [0.05, 0.1) is 0 Å². The van der Waals surface area contributed by atoms with E-state index in [2.05, 4.69) is 15.9 Å². The van der Waals surface area contributed by atoms with Crippen LogP contribution in [0.1, 0.15) is 11.1 Å². The molecule has 1 rings (SSSR count). The van der Waals surface area contributed by atoms with Gasteiger partial charge >= 0.3 is 0 Å². The molecule has 6 heteroatoms. The lowest BCUT2D eigenvalue weighted by Crippen LogP contribution is -2.19. The van der Waals surface area contributed by atoms with Crippen LogP contribution in [0.4, 0.5) is 0 Å². The molecule has 0 saturated carbocycles. The fourth-order valence-corrected chi connectivity index (χ4v) is 1.07. The fraction of sp³-hybridized carbons (Fsp3) is 0.400. The Morgan fingerprint density at radius 3 is 2.82 bits per heavy atom. The van der Waals surface area contributed by atoms with Gasteiger partial charge in [-0.05, 0) is 0 Å². The molecular weight excluding hydrogens is 168 g/mol. The number of hydrogen-bond donors (Lipinski definition) is 1. The zero-order chi connectivity index (χ0) is 8.48. The molecule has 11 heavy (non-hydrogen) atoms. The van der Waals surface area contributed by atoms with Gasteiger partial charge in [0.2, 0.25) is 0 Å². The maximum Gasteiger partial charge on any atom is 0.170 e. The first-order chi connectivity index (χ1) is 5.02. The van der Waals surface area contributed by atoms with Crippen LogP contribution in [0.15, 0.2) is 10.6 Å². The summed E-state index contributed by atoms with van der Waals surface area (Å²) in [4.78, 5) is 0. The van der Waals surface area contributed by atoms with Crippen molar-refractivity contribution in [2.24, 2.45) is 5.73 Å². The third-order valence-corrected chi connectivity index (χ3v) is 2.31. The summed E-state index contributed by atoms with van der Waals surface area (Å²) in [7, 11) is -3.30. The monoisotopic (exact) mass is 175 g/mol. The maximum absolute atomic E-state index is 10.8. The number of rotatable bonds is 2. The van der Waals surface area contributed by atoms with E-state index < -0.39 is 15.2 Å². The molecule has 0 saturated heterocycles. The minimum Gasteiger partial charge on any atom is -0.358 e. The molecule has 0 aromatic carbocycles. The van der Waals surface area contributed by atoms with Gasteiger partial charge in [0.15, 0.2) is 21.0 Å². The molecule has 1 heterocycles. The molecule has 5 nitrogen and oxygen atoms in total. The van der Waals surface area contributed by atoms with Gasteiger partial charge in [-0.25, -0.2) is 8.42 Å². The quantitative estimate of drug-likeness (QED) is 0.653. The second kappa shape index (κ2) is 2.63. The molecule has 1 radical (unpaired) electrons.